The Kier molecular flexibility index (Phi) is 4.03. The number of allylic oxidation sites excluding steroid dienone is 2. The summed E-state index contributed by atoms with van der Waals surface area (Å²) in [4.78, 5) is 0. The van der Waals surface area contributed by atoms with Crippen molar-refractivity contribution in [3.05, 3.63) is 11.6 Å². The molecule has 15 heavy (non-hydrogen) atoms. The molecule has 0 nitrogen and oxygen atoms in total. The van der Waals surface area contributed by atoms with Crippen LogP contribution in [0.2, 0.25) is 0 Å². The summed E-state index contributed by atoms with van der Waals surface area (Å²) < 4.78 is 0. The van der Waals surface area contributed by atoms with E-state index < -0.39 is 0 Å². The fourth-order valence-electron chi connectivity index (χ4n) is 3.25. The topological polar surface area (TPSA) is 0 Å². The molecule has 0 heteroatoms. The molecule has 0 aromatic carbocycles. The van der Waals surface area contributed by atoms with Crippen molar-refractivity contribution in [2.24, 2.45) is 10.8 Å². The van der Waals surface area contributed by atoms with Gasteiger partial charge in [0.1, 0.15) is 0 Å². The minimum Gasteiger partial charge on any atom is -0.0859 e. The molecule has 1 atom stereocenters. The van der Waals surface area contributed by atoms with E-state index in [-0.39, 0.29) is 0 Å². The highest BCUT2D eigenvalue weighted by Gasteiger charge is 2.35. The van der Waals surface area contributed by atoms with Crippen molar-refractivity contribution in [2.45, 2.75) is 73.1 Å². The van der Waals surface area contributed by atoms with Crippen LogP contribution < -0.4 is 0 Å². The zero-order valence-electron chi connectivity index (χ0n) is 11.3. The van der Waals surface area contributed by atoms with Gasteiger partial charge in [0, 0.05) is 0 Å². The third-order valence-electron chi connectivity index (χ3n) is 3.84. The van der Waals surface area contributed by atoms with Crippen LogP contribution in [0.5, 0.6) is 0 Å². The van der Waals surface area contributed by atoms with Crippen molar-refractivity contribution < 1.29 is 0 Å². The summed E-state index contributed by atoms with van der Waals surface area (Å²) in [5, 5.41) is 0. The average molecular weight is 208 g/mol. The lowest BCUT2D eigenvalue weighted by molar-refractivity contribution is 0.0920. The van der Waals surface area contributed by atoms with Gasteiger partial charge >= 0.3 is 0 Å². The molecule has 0 saturated heterocycles. The first kappa shape index (κ1) is 12.8. The van der Waals surface area contributed by atoms with E-state index >= 15 is 0 Å². The van der Waals surface area contributed by atoms with Crippen LogP contribution in [0, 0.1) is 10.8 Å². The Hall–Kier alpha value is -0.260. The maximum atomic E-state index is 2.49. The number of rotatable bonds is 3. The molecule has 0 radical (unpaired) electrons. The highest BCUT2D eigenvalue weighted by atomic mass is 14.4. The van der Waals surface area contributed by atoms with Crippen LogP contribution in [0.1, 0.15) is 73.1 Å². The zero-order valence-corrected chi connectivity index (χ0v) is 11.3. The normalized spacial score (nSPS) is 29.9. The first-order chi connectivity index (χ1) is 6.83. The Morgan fingerprint density at radius 1 is 1.13 bits per heavy atom. The largest absolute Gasteiger partial charge is 0.0859 e. The van der Waals surface area contributed by atoms with Crippen LogP contribution in [-0.2, 0) is 0 Å². The molecule has 1 fully saturated rings. The summed E-state index contributed by atoms with van der Waals surface area (Å²) in [6.45, 7) is 11.8. The Morgan fingerprint density at radius 3 is 2.33 bits per heavy atom. The van der Waals surface area contributed by atoms with E-state index in [0.29, 0.717) is 10.8 Å². The Bertz CT molecular complexity index is 230. The molecule has 0 unspecified atom stereocenters. The van der Waals surface area contributed by atoms with Crippen LogP contribution in [0.3, 0.4) is 0 Å². The molecular formula is C15H28. The van der Waals surface area contributed by atoms with Crippen LogP contribution in [-0.4, -0.2) is 0 Å². The molecule has 0 N–H and O–H groups in total. The molecule has 1 rings (SSSR count). The molecule has 1 aliphatic carbocycles. The maximum Gasteiger partial charge on any atom is -0.0318 e. The summed E-state index contributed by atoms with van der Waals surface area (Å²) in [6.07, 6.45) is 10.7. The molecule has 0 amide bonds. The summed E-state index contributed by atoms with van der Waals surface area (Å²) >= 11 is 0. The zero-order chi connectivity index (χ0) is 11.5. The van der Waals surface area contributed by atoms with Gasteiger partial charge in [-0.1, -0.05) is 38.8 Å². The smallest absolute Gasteiger partial charge is 0.0318 e. The van der Waals surface area contributed by atoms with Crippen LogP contribution in [0.4, 0.5) is 0 Å². The van der Waals surface area contributed by atoms with Gasteiger partial charge in [-0.3, -0.25) is 0 Å². The third-order valence-corrected chi connectivity index (χ3v) is 3.84. The second-order valence-corrected chi connectivity index (χ2v) is 6.83. The van der Waals surface area contributed by atoms with E-state index in [4.69, 9.17) is 0 Å². The van der Waals surface area contributed by atoms with Gasteiger partial charge in [0.05, 0.1) is 0 Å². The van der Waals surface area contributed by atoms with E-state index in [1.165, 1.54) is 44.1 Å². The van der Waals surface area contributed by atoms with E-state index in [1.807, 2.05) is 0 Å². The number of hydrogen-bond donors (Lipinski definition) is 0. The van der Waals surface area contributed by atoms with E-state index in [9.17, 15) is 0 Å². The summed E-state index contributed by atoms with van der Waals surface area (Å²) in [5.41, 5.74) is 2.65. The molecule has 0 bridgehead atoms. The van der Waals surface area contributed by atoms with Gasteiger partial charge in [-0.25, -0.2) is 0 Å². The summed E-state index contributed by atoms with van der Waals surface area (Å²) in [7, 11) is 0. The highest BCUT2D eigenvalue weighted by molar-refractivity contribution is 4.95. The quantitative estimate of drug-likeness (QED) is 0.549. The highest BCUT2D eigenvalue weighted by Crippen LogP contribution is 2.48. The molecule has 0 aliphatic heterocycles. The minimum atomic E-state index is 0.581. The van der Waals surface area contributed by atoms with E-state index in [0.717, 1.165) is 0 Å². The first-order valence-corrected chi connectivity index (χ1v) is 6.46. The van der Waals surface area contributed by atoms with Gasteiger partial charge in [-0.15, -0.1) is 0 Å². The van der Waals surface area contributed by atoms with Gasteiger partial charge in [0.2, 0.25) is 0 Å². The maximum absolute atomic E-state index is 2.49. The predicted octanol–water partition coefficient (Wildman–Crippen LogP) is 5.34. The van der Waals surface area contributed by atoms with Crippen molar-refractivity contribution in [3.8, 4) is 0 Å². The molecular weight excluding hydrogens is 180 g/mol. The minimum absolute atomic E-state index is 0.581. The molecule has 1 aliphatic rings. The molecule has 1 saturated carbocycles. The van der Waals surface area contributed by atoms with Crippen molar-refractivity contribution in [3.63, 3.8) is 0 Å². The average Bonchev–Trinajstić information content (AvgIpc) is 1.99. The standard InChI is InChI=1S/C15H28/c1-13(2)8-6-10-15(5)11-7-9-14(3,4)12-15/h8H,6-7,9-12H2,1-5H3/t15-/m0/s1. The van der Waals surface area contributed by atoms with Gasteiger partial charge in [-0.05, 0) is 56.8 Å². The van der Waals surface area contributed by atoms with Crippen LogP contribution in [0.25, 0.3) is 0 Å². The Labute approximate surface area is 96.2 Å². The van der Waals surface area contributed by atoms with Gasteiger partial charge in [-0.2, -0.15) is 0 Å². The number of hydrogen-bond acceptors (Lipinski definition) is 0. The van der Waals surface area contributed by atoms with Gasteiger partial charge < -0.3 is 0 Å². The molecule has 0 aromatic heterocycles. The van der Waals surface area contributed by atoms with Crippen LogP contribution >= 0.6 is 0 Å². The van der Waals surface area contributed by atoms with E-state index in [1.54, 1.807) is 0 Å². The van der Waals surface area contributed by atoms with Crippen molar-refractivity contribution in [2.75, 3.05) is 0 Å². The third kappa shape index (κ3) is 4.40. The van der Waals surface area contributed by atoms with Crippen LogP contribution in [0.15, 0.2) is 11.6 Å². The monoisotopic (exact) mass is 208 g/mol. The molecule has 0 heterocycles. The molecule has 0 spiro atoms. The lowest BCUT2D eigenvalue weighted by Gasteiger charge is -2.43. The SMILES string of the molecule is CC(C)=CCC[C@@]1(C)CCCC(C)(C)C1. The predicted molar refractivity (Wildman–Crippen MR) is 69.0 cm³/mol. The second-order valence-electron chi connectivity index (χ2n) is 6.83. The fourth-order valence-corrected chi connectivity index (χ4v) is 3.25. The summed E-state index contributed by atoms with van der Waals surface area (Å²) in [5.74, 6) is 0. The lowest BCUT2D eigenvalue weighted by Crippen LogP contribution is -2.30. The molecule has 88 valence electrons. The Morgan fingerprint density at radius 2 is 1.80 bits per heavy atom. The lowest BCUT2D eigenvalue weighted by atomic mass is 9.63. The first-order valence-electron chi connectivity index (χ1n) is 6.46. The van der Waals surface area contributed by atoms with Gasteiger partial charge in [0.25, 0.3) is 0 Å². The Balaban J connectivity index is 2.48. The van der Waals surface area contributed by atoms with Crippen molar-refractivity contribution in [1.82, 2.24) is 0 Å². The fraction of sp³-hybridized carbons (Fsp3) is 0.867. The van der Waals surface area contributed by atoms with Gasteiger partial charge in [0.15, 0.2) is 0 Å². The second kappa shape index (κ2) is 4.72. The van der Waals surface area contributed by atoms with Crippen molar-refractivity contribution in [1.29, 1.82) is 0 Å². The van der Waals surface area contributed by atoms with E-state index in [2.05, 4.69) is 40.7 Å². The summed E-state index contributed by atoms with van der Waals surface area (Å²) in [6, 6.07) is 0. The van der Waals surface area contributed by atoms with Crippen molar-refractivity contribution >= 4 is 0 Å². The molecule has 0 aromatic rings.